The third kappa shape index (κ3) is 2.74. The van der Waals surface area contributed by atoms with E-state index in [1.54, 1.807) is 4.52 Å². The lowest BCUT2D eigenvalue weighted by Gasteiger charge is -2.03. The van der Waals surface area contributed by atoms with Gasteiger partial charge in [0.05, 0.1) is 6.61 Å². The second kappa shape index (κ2) is 6.22. The van der Waals surface area contributed by atoms with Gasteiger partial charge in [-0.15, -0.1) is 10.2 Å². The SMILES string of the molecule is CCOc1ccc(-c2nnc3sc(-c4ccc(Cl)cc4)nn23)cc1. The van der Waals surface area contributed by atoms with Crippen LogP contribution in [0.25, 0.3) is 26.9 Å². The summed E-state index contributed by atoms with van der Waals surface area (Å²) in [6.45, 7) is 2.61. The summed E-state index contributed by atoms with van der Waals surface area (Å²) >= 11 is 7.44. The van der Waals surface area contributed by atoms with Crippen LogP contribution in [0.3, 0.4) is 0 Å². The van der Waals surface area contributed by atoms with Crippen molar-refractivity contribution in [3.05, 3.63) is 53.6 Å². The average molecular weight is 357 g/mol. The van der Waals surface area contributed by atoms with E-state index in [0.717, 1.165) is 26.8 Å². The quantitative estimate of drug-likeness (QED) is 0.537. The summed E-state index contributed by atoms with van der Waals surface area (Å²) in [6, 6.07) is 15.4. The van der Waals surface area contributed by atoms with Crippen LogP contribution in [0.5, 0.6) is 5.75 Å². The molecule has 4 rings (SSSR count). The molecule has 0 radical (unpaired) electrons. The zero-order valence-electron chi connectivity index (χ0n) is 12.8. The van der Waals surface area contributed by atoms with Crippen LogP contribution >= 0.6 is 22.9 Å². The second-order valence-electron chi connectivity index (χ2n) is 5.09. The Morgan fingerprint density at radius 3 is 2.42 bits per heavy atom. The molecule has 0 unspecified atom stereocenters. The molecular formula is C17H13ClN4OS. The highest BCUT2D eigenvalue weighted by atomic mass is 35.5. The Balaban J connectivity index is 1.73. The Kier molecular flexibility index (Phi) is 3.92. The highest BCUT2D eigenvalue weighted by Crippen LogP contribution is 2.29. The van der Waals surface area contributed by atoms with Crippen LogP contribution in [0.1, 0.15) is 6.92 Å². The lowest BCUT2D eigenvalue weighted by atomic mass is 10.2. The summed E-state index contributed by atoms with van der Waals surface area (Å²) < 4.78 is 7.24. The van der Waals surface area contributed by atoms with Crippen LogP contribution in [0.15, 0.2) is 48.5 Å². The molecule has 4 aromatic rings. The van der Waals surface area contributed by atoms with Crippen LogP contribution in [-0.2, 0) is 0 Å². The summed E-state index contributed by atoms with van der Waals surface area (Å²) in [4.78, 5) is 0.754. The van der Waals surface area contributed by atoms with Crippen molar-refractivity contribution in [3.63, 3.8) is 0 Å². The maximum absolute atomic E-state index is 5.94. The fraction of sp³-hybridized carbons (Fsp3) is 0.118. The molecule has 0 bridgehead atoms. The van der Waals surface area contributed by atoms with E-state index in [1.165, 1.54) is 11.3 Å². The summed E-state index contributed by atoms with van der Waals surface area (Å²) in [5.74, 6) is 1.55. The fourth-order valence-corrected chi connectivity index (χ4v) is 3.34. The van der Waals surface area contributed by atoms with Crippen molar-refractivity contribution in [1.29, 1.82) is 0 Å². The molecule has 120 valence electrons. The van der Waals surface area contributed by atoms with Gasteiger partial charge < -0.3 is 4.74 Å². The van der Waals surface area contributed by atoms with E-state index in [-0.39, 0.29) is 0 Å². The largest absolute Gasteiger partial charge is 0.494 e. The van der Waals surface area contributed by atoms with Gasteiger partial charge in [-0.05, 0) is 43.3 Å². The fourth-order valence-electron chi connectivity index (χ4n) is 2.37. The minimum absolute atomic E-state index is 0.644. The smallest absolute Gasteiger partial charge is 0.235 e. The van der Waals surface area contributed by atoms with Crippen molar-refractivity contribution in [3.8, 4) is 27.7 Å². The van der Waals surface area contributed by atoms with Crippen molar-refractivity contribution in [2.24, 2.45) is 0 Å². The molecule has 0 saturated carbocycles. The van der Waals surface area contributed by atoms with Crippen molar-refractivity contribution < 1.29 is 4.74 Å². The van der Waals surface area contributed by atoms with Crippen molar-refractivity contribution in [1.82, 2.24) is 19.8 Å². The highest BCUT2D eigenvalue weighted by molar-refractivity contribution is 7.19. The number of ether oxygens (including phenoxy) is 1. The lowest BCUT2D eigenvalue weighted by molar-refractivity contribution is 0.340. The summed E-state index contributed by atoms with van der Waals surface area (Å²) in [7, 11) is 0. The second-order valence-corrected chi connectivity index (χ2v) is 6.48. The van der Waals surface area contributed by atoms with Crippen molar-refractivity contribution >= 4 is 27.9 Å². The van der Waals surface area contributed by atoms with Gasteiger partial charge in [0.2, 0.25) is 4.96 Å². The molecule has 2 aromatic carbocycles. The molecule has 0 fully saturated rings. The Labute approximate surface area is 147 Å². The van der Waals surface area contributed by atoms with E-state index in [1.807, 2.05) is 55.5 Å². The Hall–Kier alpha value is -2.44. The van der Waals surface area contributed by atoms with Crippen LogP contribution in [0.2, 0.25) is 5.02 Å². The van der Waals surface area contributed by atoms with E-state index < -0.39 is 0 Å². The molecule has 0 N–H and O–H groups in total. The molecule has 24 heavy (non-hydrogen) atoms. The van der Waals surface area contributed by atoms with Crippen LogP contribution in [0, 0.1) is 0 Å². The van der Waals surface area contributed by atoms with Crippen LogP contribution in [-0.4, -0.2) is 26.4 Å². The summed E-state index contributed by atoms with van der Waals surface area (Å²) in [6.07, 6.45) is 0. The normalized spacial score (nSPS) is 11.1. The molecule has 0 amide bonds. The third-order valence-corrected chi connectivity index (χ3v) is 4.71. The number of hydrogen-bond acceptors (Lipinski definition) is 5. The molecule has 0 saturated heterocycles. The molecular weight excluding hydrogens is 344 g/mol. The maximum Gasteiger partial charge on any atom is 0.235 e. The van der Waals surface area contributed by atoms with E-state index in [0.29, 0.717) is 17.5 Å². The monoisotopic (exact) mass is 356 g/mol. The van der Waals surface area contributed by atoms with Crippen LogP contribution in [0.4, 0.5) is 0 Å². The summed E-state index contributed by atoms with van der Waals surface area (Å²) in [5, 5.41) is 14.7. The molecule has 7 heteroatoms. The first-order valence-electron chi connectivity index (χ1n) is 7.46. The molecule has 2 heterocycles. The van der Waals surface area contributed by atoms with Crippen molar-refractivity contribution in [2.45, 2.75) is 6.92 Å². The van der Waals surface area contributed by atoms with Gasteiger partial charge in [-0.2, -0.15) is 9.61 Å². The molecule has 0 aliphatic rings. The first-order valence-corrected chi connectivity index (χ1v) is 8.65. The first-order chi connectivity index (χ1) is 11.7. The van der Waals surface area contributed by atoms with Gasteiger partial charge in [0, 0.05) is 16.1 Å². The first kappa shape index (κ1) is 15.1. The zero-order chi connectivity index (χ0) is 16.5. The number of fused-ring (bicyclic) bond motifs is 1. The average Bonchev–Trinajstić information content (AvgIpc) is 3.17. The minimum atomic E-state index is 0.644. The van der Waals surface area contributed by atoms with Gasteiger partial charge in [-0.1, -0.05) is 35.1 Å². The van der Waals surface area contributed by atoms with Crippen molar-refractivity contribution in [2.75, 3.05) is 6.61 Å². The Morgan fingerprint density at radius 1 is 1.00 bits per heavy atom. The zero-order valence-corrected chi connectivity index (χ0v) is 14.4. The van der Waals surface area contributed by atoms with Gasteiger partial charge in [0.15, 0.2) is 5.82 Å². The minimum Gasteiger partial charge on any atom is -0.494 e. The maximum atomic E-state index is 5.94. The molecule has 0 aliphatic carbocycles. The van der Waals surface area contributed by atoms with Crippen LogP contribution < -0.4 is 4.74 Å². The molecule has 5 nitrogen and oxygen atoms in total. The van der Waals surface area contributed by atoms with Gasteiger partial charge in [0.25, 0.3) is 0 Å². The molecule has 2 aromatic heterocycles. The summed E-state index contributed by atoms with van der Waals surface area (Å²) in [5.41, 5.74) is 1.95. The number of aromatic nitrogens is 4. The number of benzene rings is 2. The topological polar surface area (TPSA) is 52.3 Å². The number of rotatable bonds is 4. The molecule has 0 aliphatic heterocycles. The predicted octanol–water partition coefficient (Wildman–Crippen LogP) is 4.57. The number of hydrogen-bond donors (Lipinski definition) is 0. The Morgan fingerprint density at radius 2 is 1.71 bits per heavy atom. The lowest BCUT2D eigenvalue weighted by Crippen LogP contribution is -1.93. The highest BCUT2D eigenvalue weighted by Gasteiger charge is 2.14. The Bertz CT molecular complexity index is 976. The number of nitrogens with zero attached hydrogens (tertiary/aromatic N) is 4. The predicted molar refractivity (Wildman–Crippen MR) is 95.7 cm³/mol. The third-order valence-electron chi connectivity index (χ3n) is 3.51. The van der Waals surface area contributed by atoms with Gasteiger partial charge in [0.1, 0.15) is 10.8 Å². The van der Waals surface area contributed by atoms with E-state index >= 15 is 0 Å². The number of halogens is 1. The van der Waals surface area contributed by atoms with E-state index in [4.69, 9.17) is 16.3 Å². The van der Waals surface area contributed by atoms with E-state index in [2.05, 4.69) is 15.3 Å². The standard InChI is InChI=1S/C17H13ClN4OS/c1-2-23-14-9-5-11(6-10-14)15-19-20-17-22(15)21-16(24-17)12-3-7-13(18)8-4-12/h3-10H,2H2,1H3. The molecule has 0 atom stereocenters. The van der Waals surface area contributed by atoms with Gasteiger partial charge >= 0.3 is 0 Å². The van der Waals surface area contributed by atoms with E-state index in [9.17, 15) is 0 Å². The van der Waals surface area contributed by atoms with Gasteiger partial charge in [-0.25, -0.2) is 0 Å². The molecule has 0 spiro atoms. The van der Waals surface area contributed by atoms with Gasteiger partial charge in [-0.3, -0.25) is 0 Å².